The number of benzene rings is 1. The Morgan fingerprint density at radius 1 is 1.44 bits per heavy atom. The normalized spacial score (nSPS) is 17.8. The van der Waals surface area contributed by atoms with Gasteiger partial charge in [-0.2, -0.15) is 0 Å². The minimum absolute atomic E-state index is 0.371. The van der Waals surface area contributed by atoms with Gasteiger partial charge in [-0.15, -0.1) is 0 Å². The van der Waals surface area contributed by atoms with Gasteiger partial charge in [-0.05, 0) is 24.6 Å². The van der Waals surface area contributed by atoms with Crippen LogP contribution in [0.15, 0.2) is 24.3 Å². The molecule has 0 saturated heterocycles. The van der Waals surface area contributed by atoms with E-state index >= 15 is 0 Å². The second-order valence-electron chi connectivity index (χ2n) is 3.72. The van der Waals surface area contributed by atoms with Crippen molar-refractivity contribution >= 4 is 33.0 Å². The number of hydrogen-bond donors (Lipinski definition) is 1. The van der Waals surface area contributed by atoms with E-state index in [0.29, 0.717) is 10.6 Å². The molecule has 0 spiro atoms. The molecule has 90 valence electrons. The van der Waals surface area contributed by atoms with Crippen molar-refractivity contribution in [3.05, 3.63) is 34.9 Å². The SMILES string of the molecule is C[C@@](Cl)([C@H](O)c1cccc(Cl)c1)S(C)(=O)=O. The van der Waals surface area contributed by atoms with Gasteiger partial charge in [-0.25, -0.2) is 8.42 Å². The summed E-state index contributed by atoms with van der Waals surface area (Å²) < 4.78 is 21.1. The highest BCUT2D eigenvalue weighted by Gasteiger charge is 2.41. The molecule has 0 unspecified atom stereocenters. The number of alkyl halides is 1. The van der Waals surface area contributed by atoms with Crippen LogP contribution < -0.4 is 0 Å². The van der Waals surface area contributed by atoms with Gasteiger partial charge < -0.3 is 5.11 Å². The molecule has 6 heteroatoms. The van der Waals surface area contributed by atoms with Crippen molar-refractivity contribution in [2.24, 2.45) is 0 Å². The van der Waals surface area contributed by atoms with Gasteiger partial charge in [0.15, 0.2) is 14.0 Å². The lowest BCUT2D eigenvalue weighted by molar-refractivity contribution is 0.163. The zero-order valence-corrected chi connectivity index (χ0v) is 11.1. The van der Waals surface area contributed by atoms with Crippen molar-refractivity contribution in [1.82, 2.24) is 0 Å². The highest BCUT2D eigenvalue weighted by molar-refractivity contribution is 7.93. The molecule has 3 nitrogen and oxygen atoms in total. The molecule has 0 amide bonds. The van der Waals surface area contributed by atoms with Gasteiger partial charge in [0.1, 0.15) is 6.10 Å². The fraction of sp³-hybridized carbons (Fsp3) is 0.400. The third kappa shape index (κ3) is 2.69. The average molecular weight is 283 g/mol. The number of hydrogen-bond acceptors (Lipinski definition) is 3. The number of aliphatic hydroxyl groups is 1. The van der Waals surface area contributed by atoms with E-state index < -0.39 is 20.1 Å². The predicted octanol–water partition coefficient (Wildman–Crippen LogP) is 2.37. The maximum absolute atomic E-state index is 11.4. The van der Waals surface area contributed by atoms with Gasteiger partial charge >= 0.3 is 0 Å². The van der Waals surface area contributed by atoms with Crippen LogP contribution in [0.3, 0.4) is 0 Å². The van der Waals surface area contributed by atoms with Crippen LogP contribution in [0.5, 0.6) is 0 Å². The summed E-state index contributed by atoms with van der Waals surface area (Å²) in [5, 5.41) is 10.4. The Bertz CT molecular complexity index is 483. The summed E-state index contributed by atoms with van der Waals surface area (Å²) in [5.41, 5.74) is 0.371. The van der Waals surface area contributed by atoms with E-state index in [4.69, 9.17) is 23.2 Å². The second kappa shape index (κ2) is 4.53. The summed E-state index contributed by atoms with van der Waals surface area (Å²) in [6.07, 6.45) is -0.351. The largest absolute Gasteiger partial charge is 0.385 e. The Hall–Kier alpha value is -0.290. The number of aliphatic hydroxyl groups excluding tert-OH is 1. The molecule has 0 saturated carbocycles. The smallest absolute Gasteiger partial charge is 0.172 e. The van der Waals surface area contributed by atoms with Gasteiger partial charge in [0, 0.05) is 11.3 Å². The molecule has 2 atom stereocenters. The van der Waals surface area contributed by atoms with Crippen LogP contribution >= 0.6 is 23.2 Å². The quantitative estimate of drug-likeness (QED) is 0.866. The minimum atomic E-state index is -3.59. The Labute approximate surface area is 105 Å². The molecule has 1 aromatic carbocycles. The van der Waals surface area contributed by atoms with E-state index in [-0.39, 0.29) is 0 Å². The van der Waals surface area contributed by atoms with E-state index in [1.54, 1.807) is 18.2 Å². The lowest BCUT2D eigenvalue weighted by atomic mass is 10.1. The molecule has 0 radical (unpaired) electrons. The molecule has 1 N–H and O–H groups in total. The Balaban J connectivity index is 3.17. The third-order valence-corrected chi connectivity index (χ3v) is 5.33. The van der Waals surface area contributed by atoms with Gasteiger partial charge in [0.2, 0.25) is 0 Å². The fourth-order valence-corrected chi connectivity index (χ4v) is 2.04. The van der Waals surface area contributed by atoms with Crippen LogP contribution in [0.2, 0.25) is 5.02 Å². The van der Waals surface area contributed by atoms with Crippen LogP contribution in [-0.2, 0) is 9.84 Å². The van der Waals surface area contributed by atoms with E-state index in [9.17, 15) is 13.5 Å². The molecule has 16 heavy (non-hydrogen) atoms. The highest BCUT2D eigenvalue weighted by Crippen LogP contribution is 2.36. The molecule has 0 fully saturated rings. The number of sulfone groups is 1. The van der Waals surface area contributed by atoms with Crippen LogP contribution in [-0.4, -0.2) is 24.0 Å². The maximum Gasteiger partial charge on any atom is 0.172 e. The van der Waals surface area contributed by atoms with E-state index in [1.165, 1.54) is 13.0 Å². The lowest BCUT2D eigenvalue weighted by Gasteiger charge is -2.26. The maximum atomic E-state index is 11.4. The topological polar surface area (TPSA) is 54.4 Å². The highest BCUT2D eigenvalue weighted by atomic mass is 35.5. The molecular formula is C10H12Cl2O3S. The van der Waals surface area contributed by atoms with Crippen molar-refractivity contribution in [3.8, 4) is 0 Å². The van der Waals surface area contributed by atoms with Gasteiger partial charge in [-0.3, -0.25) is 0 Å². The number of rotatable bonds is 3. The van der Waals surface area contributed by atoms with Gasteiger partial charge in [-0.1, -0.05) is 35.3 Å². The molecule has 0 aromatic heterocycles. The van der Waals surface area contributed by atoms with Crippen molar-refractivity contribution in [2.75, 3.05) is 6.26 Å². The third-order valence-electron chi connectivity index (χ3n) is 2.38. The molecule has 1 rings (SSSR count). The van der Waals surface area contributed by atoms with Crippen molar-refractivity contribution < 1.29 is 13.5 Å². The summed E-state index contributed by atoms with van der Waals surface area (Å²) in [4.78, 5) is 0. The predicted molar refractivity (Wildman–Crippen MR) is 65.5 cm³/mol. The first-order valence-electron chi connectivity index (χ1n) is 4.48. The molecule has 1 aromatic rings. The average Bonchev–Trinajstić information content (AvgIpc) is 2.14. The molecule has 0 aliphatic carbocycles. The summed E-state index contributed by atoms with van der Waals surface area (Å²) in [6, 6.07) is 6.31. The Kier molecular flexibility index (Phi) is 3.90. The van der Waals surface area contributed by atoms with Gasteiger partial charge in [0.25, 0.3) is 0 Å². The molecule has 0 heterocycles. The molecule has 0 bridgehead atoms. The molecule has 0 aliphatic rings. The number of halogens is 2. The minimum Gasteiger partial charge on any atom is -0.385 e. The summed E-state index contributed by atoms with van der Waals surface area (Å²) in [5.74, 6) is 0. The monoisotopic (exact) mass is 282 g/mol. The fourth-order valence-electron chi connectivity index (χ4n) is 1.18. The molecule has 0 aliphatic heterocycles. The van der Waals surface area contributed by atoms with E-state index in [1.807, 2.05) is 0 Å². The van der Waals surface area contributed by atoms with Crippen LogP contribution in [0.4, 0.5) is 0 Å². The van der Waals surface area contributed by atoms with Crippen molar-refractivity contribution in [3.63, 3.8) is 0 Å². The zero-order chi connectivity index (χ0) is 12.6. The zero-order valence-electron chi connectivity index (χ0n) is 8.81. The first-order chi connectivity index (χ1) is 7.16. The van der Waals surface area contributed by atoms with Gasteiger partial charge in [0.05, 0.1) is 0 Å². The van der Waals surface area contributed by atoms with Crippen LogP contribution in [0.1, 0.15) is 18.6 Å². The molecular weight excluding hydrogens is 271 g/mol. The second-order valence-corrected chi connectivity index (χ2v) is 7.55. The Morgan fingerprint density at radius 2 is 2.00 bits per heavy atom. The first kappa shape index (κ1) is 13.8. The Morgan fingerprint density at radius 3 is 2.44 bits per heavy atom. The van der Waals surface area contributed by atoms with Crippen LogP contribution in [0, 0.1) is 0 Å². The lowest BCUT2D eigenvalue weighted by Crippen LogP contribution is -2.35. The summed E-state index contributed by atoms with van der Waals surface area (Å²) >= 11 is 11.6. The standard InChI is InChI=1S/C10H12Cl2O3S/c1-10(12,16(2,14)15)9(13)7-4-3-5-8(11)6-7/h3-6,9,13H,1-2H3/t9-,10+/m1/s1. The van der Waals surface area contributed by atoms with E-state index in [2.05, 4.69) is 0 Å². The van der Waals surface area contributed by atoms with E-state index in [0.717, 1.165) is 6.26 Å². The first-order valence-corrected chi connectivity index (χ1v) is 7.13. The summed E-state index contributed by atoms with van der Waals surface area (Å²) in [7, 11) is -3.59. The van der Waals surface area contributed by atoms with Crippen LogP contribution in [0.25, 0.3) is 0 Å². The summed E-state index contributed by atoms with van der Waals surface area (Å²) in [6.45, 7) is 1.26. The van der Waals surface area contributed by atoms with Crippen molar-refractivity contribution in [2.45, 2.75) is 17.2 Å². The van der Waals surface area contributed by atoms with Crippen molar-refractivity contribution in [1.29, 1.82) is 0 Å².